The van der Waals surface area contributed by atoms with Gasteiger partial charge in [0.15, 0.2) is 0 Å². The molecule has 2 atom stereocenters. The van der Waals surface area contributed by atoms with Crippen LogP contribution in [0.1, 0.15) is 60.5 Å². The molecule has 33 heavy (non-hydrogen) atoms. The minimum Gasteiger partial charge on any atom is -0.449 e. The summed E-state index contributed by atoms with van der Waals surface area (Å²) in [5.41, 5.74) is 6.47. The van der Waals surface area contributed by atoms with Crippen molar-refractivity contribution in [1.29, 1.82) is 0 Å². The molecule has 0 saturated carbocycles. The summed E-state index contributed by atoms with van der Waals surface area (Å²) in [7, 11) is 0. The van der Waals surface area contributed by atoms with E-state index in [0.717, 1.165) is 16.7 Å². The van der Waals surface area contributed by atoms with Crippen LogP contribution in [0.15, 0.2) is 72.8 Å². The second kappa shape index (κ2) is 10.2. The molecule has 1 aliphatic carbocycles. The van der Waals surface area contributed by atoms with E-state index in [1.165, 1.54) is 11.1 Å². The number of hydrogen-bond donors (Lipinski definition) is 3. The van der Waals surface area contributed by atoms with Crippen LogP contribution in [0.3, 0.4) is 0 Å². The van der Waals surface area contributed by atoms with Gasteiger partial charge in [-0.2, -0.15) is 0 Å². The van der Waals surface area contributed by atoms with Crippen LogP contribution in [0.2, 0.25) is 0 Å². The van der Waals surface area contributed by atoms with Crippen LogP contribution in [0, 0.1) is 0 Å². The van der Waals surface area contributed by atoms with Gasteiger partial charge in [-0.15, -0.1) is 0 Å². The number of fused-ring (bicyclic) bond motifs is 3. The van der Waals surface area contributed by atoms with Gasteiger partial charge in [0.25, 0.3) is 0 Å². The van der Waals surface area contributed by atoms with Crippen molar-refractivity contribution in [2.24, 2.45) is 0 Å². The SMILES string of the molecule is CC(C)c1cccc(C(O)C(O)CCNC(=O)OCC2c3ccccc3-c3ccccc32)c1. The summed E-state index contributed by atoms with van der Waals surface area (Å²) in [4.78, 5) is 12.3. The van der Waals surface area contributed by atoms with Gasteiger partial charge in [-0.25, -0.2) is 4.79 Å². The number of amides is 1. The largest absolute Gasteiger partial charge is 0.449 e. The minimum atomic E-state index is -1.01. The molecule has 1 aliphatic rings. The second-order valence-corrected chi connectivity index (χ2v) is 8.88. The lowest BCUT2D eigenvalue weighted by atomic mass is 9.96. The number of nitrogens with one attached hydrogen (secondary N) is 1. The quantitative estimate of drug-likeness (QED) is 0.449. The van der Waals surface area contributed by atoms with Crippen molar-refractivity contribution >= 4 is 6.09 Å². The van der Waals surface area contributed by atoms with E-state index in [2.05, 4.69) is 43.4 Å². The Bertz CT molecular complexity index is 1060. The van der Waals surface area contributed by atoms with Crippen LogP contribution in [0.5, 0.6) is 0 Å². The number of carbonyl (C=O) groups is 1. The lowest BCUT2D eigenvalue weighted by molar-refractivity contribution is 0.0136. The predicted octanol–water partition coefficient (Wildman–Crippen LogP) is 5.13. The van der Waals surface area contributed by atoms with Crippen molar-refractivity contribution in [3.63, 3.8) is 0 Å². The van der Waals surface area contributed by atoms with E-state index in [1.807, 2.05) is 42.5 Å². The molecule has 4 rings (SSSR count). The molecule has 172 valence electrons. The van der Waals surface area contributed by atoms with Gasteiger partial charge in [0.1, 0.15) is 12.7 Å². The molecule has 0 aromatic heterocycles. The maximum Gasteiger partial charge on any atom is 0.407 e. The smallest absolute Gasteiger partial charge is 0.407 e. The number of ether oxygens (including phenoxy) is 1. The van der Waals surface area contributed by atoms with Gasteiger partial charge in [-0.05, 0) is 45.7 Å². The predicted molar refractivity (Wildman–Crippen MR) is 129 cm³/mol. The number of aliphatic hydroxyl groups excluding tert-OH is 2. The molecule has 5 nitrogen and oxygen atoms in total. The fourth-order valence-corrected chi connectivity index (χ4v) is 4.45. The highest BCUT2D eigenvalue weighted by Crippen LogP contribution is 2.44. The average Bonchev–Trinajstić information content (AvgIpc) is 3.16. The summed E-state index contributed by atoms with van der Waals surface area (Å²) >= 11 is 0. The molecule has 1 amide bonds. The Labute approximate surface area is 195 Å². The Balaban J connectivity index is 1.28. The van der Waals surface area contributed by atoms with Crippen LogP contribution >= 0.6 is 0 Å². The van der Waals surface area contributed by atoms with E-state index >= 15 is 0 Å². The fraction of sp³-hybridized carbons (Fsp3) is 0.321. The number of benzene rings is 3. The number of hydrogen-bond acceptors (Lipinski definition) is 4. The molecule has 0 radical (unpaired) electrons. The van der Waals surface area contributed by atoms with E-state index in [1.54, 1.807) is 6.07 Å². The molecule has 0 saturated heterocycles. The van der Waals surface area contributed by atoms with E-state index in [0.29, 0.717) is 11.5 Å². The van der Waals surface area contributed by atoms with Crippen LogP contribution in [0.4, 0.5) is 4.79 Å². The van der Waals surface area contributed by atoms with Crippen molar-refractivity contribution in [3.05, 3.63) is 95.1 Å². The molecule has 0 spiro atoms. The highest BCUT2D eigenvalue weighted by atomic mass is 16.5. The first-order chi connectivity index (χ1) is 16.0. The maximum atomic E-state index is 12.3. The van der Waals surface area contributed by atoms with Gasteiger partial charge < -0.3 is 20.3 Å². The summed E-state index contributed by atoms with van der Waals surface area (Å²) in [5.74, 6) is 0.341. The van der Waals surface area contributed by atoms with Crippen LogP contribution < -0.4 is 5.32 Å². The zero-order valence-electron chi connectivity index (χ0n) is 19.1. The van der Waals surface area contributed by atoms with Gasteiger partial charge in [0.2, 0.25) is 0 Å². The third-order valence-corrected chi connectivity index (χ3v) is 6.34. The zero-order chi connectivity index (χ0) is 23.4. The zero-order valence-corrected chi connectivity index (χ0v) is 19.1. The Hall–Kier alpha value is -3.15. The molecule has 5 heteroatoms. The highest BCUT2D eigenvalue weighted by molar-refractivity contribution is 5.79. The van der Waals surface area contributed by atoms with Gasteiger partial charge in [0, 0.05) is 12.5 Å². The molecule has 2 unspecified atom stereocenters. The number of aliphatic hydroxyl groups is 2. The first-order valence-corrected chi connectivity index (χ1v) is 11.5. The number of rotatable bonds is 8. The molecule has 3 aromatic carbocycles. The molecular weight excluding hydrogens is 414 g/mol. The van der Waals surface area contributed by atoms with Gasteiger partial charge in [-0.1, -0.05) is 86.6 Å². The van der Waals surface area contributed by atoms with Gasteiger partial charge in [-0.3, -0.25) is 0 Å². The average molecular weight is 446 g/mol. The molecule has 0 bridgehead atoms. The lowest BCUT2D eigenvalue weighted by Crippen LogP contribution is -2.30. The number of alkyl carbamates (subject to hydrolysis) is 1. The van der Waals surface area contributed by atoms with Crippen molar-refractivity contribution < 1.29 is 19.7 Å². The molecule has 3 N–H and O–H groups in total. The summed E-state index contributed by atoms with van der Waals surface area (Å²) in [6.07, 6.45) is -2.30. The summed E-state index contributed by atoms with van der Waals surface area (Å²) in [6, 6.07) is 24.0. The Morgan fingerprint density at radius 1 is 0.909 bits per heavy atom. The molecule has 0 aliphatic heterocycles. The van der Waals surface area contributed by atoms with Crippen LogP contribution in [0.25, 0.3) is 11.1 Å². The second-order valence-electron chi connectivity index (χ2n) is 8.88. The van der Waals surface area contributed by atoms with Crippen molar-refractivity contribution in [3.8, 4) is 11.1 Å². The Morgan fingerprint density at radius 2 is 1.52 bits per heavy atom. The minimum absolute atomic E-state index is 0.00351. The van der Waals surface area contributed by atoms with Crippen LogP contribution in [-0.2, 0) is 4.74 Å². The van der Waals surface area contributed by atoms with Crippen molar-refractivity contribution in [1.82, 2.24) is 5.32 Å². The summed E-state index contributed by atoms with van der Waals surface area (Å²) in [6.45, 7) is 4.62. The number of carbonyl (C=O) groups excluding carboxylic acids is 1. The van der Waals surface area contributed by atoms with Crippen molar-refractivity contribution in [2.75, 3.05) is 13.2 Å². The van der Waals surface area contributed by atoms with Gasteiger partial charge in [0.05, 0.1) is 6.10 Å². The first-order valence-electron chi connectivity index (χ1n) is 11.5. The van der Waals surface area contributed by atoms with E-state index in [9.17, 15) is 15.0 Å². The lowest BCUT2D eigenvalue weighted by Gasteiger charge is -2.20. The standard InChI is InChI=1S/C28H31NO4/c1-18(2)19-8-7-9-20(16-19)27(31)26(30)14-15-29-28(32)33-17-25-23-12-5-3-10-21(23)22-11-4-6-13-24(22)25/h3-13,16,18,25-27,30-31H,14-15,17H2,1-2H3,(H,29,32). The molecule has 0 heterocycles. The van der Waals surface area contributed by atoms with Crippen LogP contribution in [-0.4, -0.2) is 35.6 Å². The van der Waals surface area contributed by atoms with Gasteiger partial charge >= 0.3 is 6.09 Å². The Kier molecular flexibility index (Phi) is 7.11. The third-order valence-electron chi connectivity index (χ3n) is 6.34. The van der Waals surface area contributed by atoms with Crippen molar-refractivity contribution in [2.45, 2.75) is 44.3 Å². The maximum absolute atomic E-state index is 12.3. The summed E-state index contributed by atoms with van der Waals surface area (Å²) in [5, 5.41) is 23.6. The molecule has 0 fully saturated rings. The fourth-order valence-electron chi connectivity index (χ4n) is 4.45. The topological polar surface area (TPSA) is 78.8 Å². The normalized spacial score (nSPS) is 14.5. The highest BCUT2D eigenvalue weighted by Gasteiger charge is 2.29. The third kappa shape index (κ3) is 5.10. The van der Waals surface area contributed by atoms with E-state index in [-0.39, 0.29) is 25.5 Å². The first kappa shape index (κ1) is 23.0. The molecule has 3 aromatic rings. The summed E-state index contributed by atoms with van der Waals surface area (Å²) < 4.78 is 5.51. The van der Waals surface area contributed by atoms with E-state index in [4.69, 9.17) is 4.74 Å². The Morgan fingerprint density at radius 3 is 2.15 bits per heavy atom. The monoisotopic (exact) mass is 445 g/mol. The molecular formula is C28H31NO4. The van der Waals surface area contributed by atoms with E-state index < -0.39 is 18.3 Å².